The van der Waals surface area contributed by atoms with Gasteiger partial charge in [0.05, 0.1) is 6.04 Å². The van der Waals surface area contributed by atoms with Gasteiger partial charge in [0.2, 0.25) is 17.6 Å². The number of nitrogens with one attached hydrogen (secondary N) is 3. The molecule has 1 saturated heterocycles. The van der Waals surface area contributed by atoms with E-state index in [1.165, 1.54) is 11.0 Å². The van der Waals surface area contributed by atoms with Crippen LogP contribution in [0.1, 0.15) is 81.6 Å². The number of fused-ring (bicyclic) bond motifs is 1. The van der Waals surface area contributed by atoms with Crippen molar-refractivity contribution in [2.24, 2.45) is 22.7 Å². The van der Waals surface area contributed by atoms with Gasteiger partial charge in [-0.05, 0) is 49.9 Å². The molecule has 0 radical (unpaired) electrons. The van der Waals surface area contributed by atoms with E-state index >= 15 is 0 Å². The maximum Gasteiger partial charge on any atom is 0.408 e. The summed E-state index contributed by atoms with van der Waals surface area (Å²) in [6.07, 6.45) is 2.49. The fourth-order valence-corrected chi connectivity index (χ4v) is 5.40. The number of ketones is 1. The van der Waals surface area contributed by atoms with Gasteiger partial charge in [-0.2, -0.15) is 0 Å². The van der Waals surface area contributed by atoms with Crippen molar-refractivity contribution < 1.29 is 28.7 Å². The van der Waals surface area contributed by atoms with Gasteiger partial charge in [-0.1, -0.05) is 60.5 Å². The van der Waals surface area contributed by atoms with Crippen LogP contribution in [0.3, 0.4) is 0 Å². The molecule has 10 heteroatoms. The molecule has 220 valence electrons. The third-order valence-corrected chi connectivity index (χ3v) is 7.64. The lowest BCUT2D eigenvalue weighted by molar-refractivity contribution is -0.145. The number of ether oxygens (including phenoxy) is 1. The molecule has 0 spiro atoms. The molecule has 10 nitrogen and oxygen atoms in total. The maximum atomic E-state index is 13.9. The standard InChI is InChI=1S/C29H48N4O6/c1-11-13-14-18(21(34)24(36)30-15-12-2)31-23(35)20-19-17(29(19,9)10)16-33(20)25(37)22(27(3,4)5)32-26(38)39-28(6,7)8/h12,17-20,22H,2,11,13-16H2,1,3-10H3,(H,30,36)(H,31,35)(H,32,38)/t17-,18-,19-,20-,22+/m0/s1. The van der Waals surface area contributed by atoms with Crippen LogP contribution in [0.4, 0.5) is 4.79 Å². The van der Waals surface area contributed by atoms with Crippen LogP contribution in [0.25, 0.3) is 0 Å². The topological polar surface area (TPSA) is 134 Å². The van der Waals surface area contributed by atoms with Gasteiger partial charge >= 0.3 is 6.09 Å². The SMILES string of the molecule is C=CCNC(=O)C(=O)[C@H](CCCC)NC(=O)[C@@H]1[C@@H]2[C@H](CN1C(=O)[C@@H](NC(=O)OC(C)(C)C)C(C)(C)C)C2(C)C. The van der Waals surface area contributed by atoms with Gasteiger partial charge in [-0.15, -0.1) is 6.58 Å². The lowest BCUT2D eigenvalue weighted by Crippen LogP contribution is -2.60. The van der Waals surface area contributed by atoms with Crippen LogP contribution in [-0.4, -0.2) is 71.3 Å². The Morgan fingerprint density at radius 3 is 2.21 bits per heavy atom. The number of hydrogen-bond donors (Lipinski definition) is 3. The minimum atomic E-state index is -1.00. The van der Waals surface area contributed by atoms with Crippen LogP contribution < -0.4 is 16.0 Å². The van der Waals surface area contributed by atoms with Crippen molar-refractivity contribution in [2.45, 2.75) is 105 Å². The minimum Gasteiger partial charge on any atom is -0.444 e. The highest BCUT2D eigenvalue weighted by molar-refractivity contribution is 6.38. The summed E-state index contributed by atoms with van der Waals surface area (Å²) in [5.41, 5.74) is -1.56. The van der Waals surface area contributed by atoms with Crippen molar-refractivity contribution in [3.05, 3.63) is 12.7 Å². The summed E-state index contributed by atoms with van der Waals surface area (Å²) in [4.78, 5) is 67.1. The zero-order valence-electron chi connectivity index (χ0n) is 25.1. The smallest absolute Gasteiger partial charge is 0.408 e. The summed E-state index contributed by atoms with van der Waals surface area (Å²) in [5, 5.41) is 8.00. The zero-order valence-corrected chi connectivity index (χ0v) is 25.1. The molecule has 1 aliphatic heterocycles. The largest absolute Gasteiger partial charge is 0.444 e. The van der Waals surface area contributed by atoms with E-state index in [9.17, 15) is 24.0 Å². The van der Waals surface area contributed by atoms with E-state index in [0.717, 1.165) is 6.42 Å². The molecule has 0 unspecified atom stereocenters. The predicted octanol–water partition coefficient (Wildman–Crippen LogP) is 2.96. The quantitative estimate of drug-likeness (QED) is 0.269. The molecule has 5 atom stereocenters. The van der Waals surface area contributed by atoms with Gasteiger partial charge in [-0.25, -0.2) is 4.79 Å². The Kier molecular flexibility index (Phi) is 10.0. The molecule has 0 aromatic heterocycles. The Morgan fingerprint density at radius 2 is 1.69 bits per heavy atom. The Bertz CT molecular complexity index is 977. The van der Waals surface area contributed by atoms with E-state index in [1.807, 2.05) is 27.7 Å². The van der Waals surface area contributed by atoms with Crippen LogP contribution in [-0.2, 0) is 23.9 Å². The van der Waals surface area contributed by atoms with Crippen LogP contribution >= 0.6 is 0 Å². The molecule has 1 saturated carbocycles. The second kappa shape index (κ2) is 12.1. The third-order valence-electron chi connectivity index (χ3n) is 7.64. The molecule has 39 heavy (non-hydrogen) atoms. The fraction of sp³-hybridized carbons (Fsp3) is 0.759. The van der Waals surface area contributed by atoms with Crippen LogP contribution in [0.15, 0.2) is 12.7 Å². The number of unbranched alkanes of at least 4 members (excludes halogenated alkanes) is 1. The number of Topliss-reactive ketones (excluding diaryl/α,β-unsaturated/α-hetero) is 1. The van der Waals surface area contributed by atoms with Crippen molar-refractivity contribution in [3.63, 3.8) is 0 Å². The lowest BCUT2D eigenvalue weighted by Gasteiger charge is -2.38. The normalized spacial score (nSPS) is 23.1. The molecule has 0 aromatic carbocycles. The number of rotatable bonds is 11. The average molecular weight is 549 g/mol. The first-order valence-corrected chi connectivity index (χ1v) is 13.9. The minimum absolute atomic E-state index is 0.0971. The van der Waals surface area contributed by atoms with Crippen molar-refractivity contribution >= 4 is 29.6 Å². The summed E-state index contributed by atoms with van der Waals surface area (Å²) in [7, 11) is 0. The van der Waals surface area contributed by atoms with Crippen LogP contribution in [0, 0.1) is 22.7 Å². The van der Waals surface area contributed by atoms with Crippen molar-refractivity contribution in [3.8, 4) is 0 Å². The number of carbonyl (C=O) groups excluding carboxylic acids is 5. The monoisotopic (exact) mass is 548 g/mol. The highest BCUT2D eigenvalue weighted by atomic mass is 16.6. The summed E-state index contributed by atoms with van der Waals surface area (Å²) in [6, 6.07) is -2.76. The number of amides is 4. The Morgan fingerprint density at radius 1 is 1.08 bits per heavy atom. The molecule has 2 rings (SSSR count). The Labute approximate surface area is 233 Å². The Balaban J connectivity index is 2.31. The van der Waals surface area contributed by atoms with Crippen molar-refractivity contribution in [2.75, 3.05) is 13.1 Å². The van der Waals surface area contributed by atoms with E-state index in [0.29, 0.717) is 19.4 Å². The molecule has 1 aliphatic carbocycles. The molecular weight excluding hydrogens is 500 g/mol. The molecule has 0 bridgehead atoms. The molecule has 0 aromatic rings. The maximum absolute atomic E-state index is 13.9. The molecule has 2 fully saturated rings. The number of likely N-dealkylation sites (tertiary alicyclic amines) is 1. The summed E-state index contributed by atoms with van der Waals surface area (Å²) < 4.78 is 5.40. The number of nitrogens with zero attached hydrogens (tertiary/aromatic N) is 1. The van der Waals surface area contributed by atoms with Gasteiger partial charge in [0, 0.05) is 13.1 Å². The van der Waals surface area contributed by atoms with E-state index in [2.05, 4.69) is 36.4 Å². The first kappa shape index (κ1) is 32.3. The van der Waals surface area contributed by atoms with Gasteiger partial charge in [0.1, 0.15) is 17.7 Å². The van der Waals surface area contributed by atoms with Gasteiger partial charge in [-0.3, -0.25) is 19.2 Å². The predicted molar refractivity (Wildman–Crippen MR) is 149 cm³/mol. The van der Waals surface area contributed by atoms with Crippen molar-refractivity contribution in [1.29, 1.82) is 0 Å². The number of piperidine rings is 1. The summed E-state index contributed by atoms with van der Waals surface area (Å²) >= 11 is 0. The molecule has 4 amide bonds. The summed E-state index contributed by atoms with van der Waals surface area (Å²) in [6.45, 7) is 20.9. The van der Waals surface area contributed by atoms with E-state index < -0.39 is 52.8 Å². The summed E-state index contributed by atoms with van der Waals surface area (Å²) in [5.74, 6) is -2.33. The number of carbonyl (C=O) groups is 5. The first-order chi connectivity index (χ1) is 17.9. The average Bonchev–Trinajstić information content (AvgIpc) is 3.14. The van der Waals surface area contributed by atoms with Gasteiger partial charge < -0.3 is 25.6 Å². The second-order valence-electron chi connectivity index (χ2n) is 13.4. The highest BCUT2D eigenvalue weighted by Gasteiger charge is 2.70. The lowest BCUT2D eigenvalue weighted by atomic mass is 9.85. The van der Waals surface area contributed by atoms with Crippen LogP contribution in [0.2, 0.25) is 0 Å². The van der Waals surface area contributed by atoms with Crippen molar-refractivity contribution in [1.82, 2.24) is 20.9 Å². The highest BCUT2D eigenvalue weighted by Crippen LogP contribution is 2.65. The fourth-order valence-electron chi connectivity index (χ4n) is 5.40. The first-order valence-electron chi connectivity index (χ1n) is 13.9. The van der Waals surface area contributed by atoms with E-state index in [1.54, 1.807) is 20.8 Å². The zero-order chi connectivity index (χ0) is 29.9. The second-order valence-corrected chi connectivity index (χ2v) is 13.4. The number of hydrogen-bond acceptors (Lipinski definition) is 6. The van der Waals surface area contributed by atoms with E-state index in [4.69, 9.17) is 4.74 Å². The van der Waals surface area contributed by atoms with E-state index in [-0.39, 0.29) is 29.7 Å². The third kappa shape index (κ3) is 7.82. The Hall–Kier alpha value is -2.91. The molecule has 2 aliphatic rings. The number of alkyl carbamates (subject to hydrolysis) is 1. The molecule has 3 N–H and O–H groups in total. The molecule has 1 heterocycles. The van der Waals surface area contributed by atoms with Gasteiger partial charge in [0.25, 0.3) is 5.91 Å². The molecular formula is C29H48N4O6. The van der Waals surface area contributed by atoms with Gasteiger partial charge in [0.15, 0.2) is 0 Å². The van der Waals surface area contributed by atoms with Crippen LogP contribution in [0.5, 0.6) is 0 Å².